The summed E-state index contributed by atoms with van der Waals surface area (Å²) in [6.45, 7) is 6.98. The lowest BCUT2D eigenvalue weighted by atomic mass is 10.0. The second kappa shape index (κ2) is 14.6. The van der Waals surface area contributed by atoms with Crippen molar-refractivity contribution in [3.8, 4) is 0 Å². The number of hydrogen-bond acceptors (Lipinski definition) is 4. The van der Waals surface area contributed by atoms with Crippen molar-refractivity contribution in [2.45, 2.75) is 57.1 Å². The van der Waals surface area contributed by atoms with Crippen LogP contribution >= 0.6 is 27.5 Å². The van der Waals surface area contributed by atoms with Crippen LogP contribution < -0.4 is 9.62 Å². The van der Waals surface area contributed by atoms with Gasteiger partial charge < -0.3 is 10.2 Å². The van der Waals surface area contributed by atoms with Crippen LogP contribution in [0.1, 0.15) is 37.5 Å². The molecule has 0 fully saturated rings. The summed E-state index contributed by atoms with van der Waals surface area (Å²) >= 11 is 9.74. The van der Waals surface area contributed by atoms with E-state index in [0.717, 1.165) is 15.4 Å². The predicted molar refractivity (Wildman–Crippen MR) is 184 cm³/mol. The van der Waals surface area contributed by atoms with Crippen LogP contribution in [0.25, 0.3) is 0 Å². The van der Waals surface area contributed by atoms with Gasteiger partial charge in [0, 0.05) is 28.0 Å². The van der Waals surface area contributed by atoms with Crippen LogP contribution in [0.3, 0.4) is 0 Å². The van der Waals surface area contributed by atoms with Crippen molar-refractivity contribution in [1.82, 2.24) is 10.2 Å². The molecule has 0 saturated carbocycles. The lowest BCUT2D eigenvalue weighted by Gasteiger charge is -2.35. The predicted octanol–water partition coefficient (Wildman–Crippen LogP) is 7.16. The van der Waals surface area contributed by atoms with Crippen LogP contribution in [0.5, 0.6) is 0 Å². The van der Waals surface area contributed by atoms with Crippen molar-refractivity contribution in [2.24, 2.45) is 0 Å². The number of benzene rings is 4. The summed E-state index contributed by atoms with van der Waals surface area (Å²) in [6.07, 6.45) is 0.219. The van der Waals surface area contributed by atoms with Crippen molar-refractivity contribution >= 4 is 55.1 Å². The summed E-state index contributed by atoms with van der Waals surface area (Å²) in [7, 11) is -4.19. The molecule has 236 valence electrons. The summed E-state index contributed by atoms with van der Waals surface area (Å²) in [4.78, 5) is 30.0. The first-order valence-electron chi connectivity index (χ1n) is 14.5. The van der Waals surface area contributed by atoms with Gasteiger partial charge in [-0.05, 0) is 81.3 Å². The van der Waals surface area contributed by atoms with Gasteiger partial charge in [-0.3, -0.25) is 13.9 Å². The van der Waals surface area contributed by atoms with E-state index in [2.05, 4.69) is 21.2 Å². The molecule has 0 spiro atoms. The van der Waals surface area contributed by atoms with Gasteiger partial charge in [-0.15, -0.1) is 0 Å². The summed E-state index contributed by atoms with van der Waals surface area (Å²) < 4.78 is 30.0. The van der Waals surface area contributed by atoms with E-state index in [1.54, 1.807) is 54.6 Å². The Bertz CT molecular complexity index is 1740. The minimum atomic E-state index is -4.19. The molecule has 0 aliphatic heterocycles. The normalized spacial score (nSPS) is 12.3. The molecule has 1 atom stereocenters. The number of halogens is 2. The standard InChI is InChI=1S/C35H37BrClN3O4S/c1-25-16-18-31(19-17-25)45(43,44)40(30-15-9-13-28(36)22-30)24-33(41)39(23-27-12-8-14-29(37)20-27)32(34(42)38-35(2,3)4)21-26-10-6-5-7-11-26/h5-20,22,32H,21,23-24H2,1-4H3,(H,38,42). The van der Waals surface area contributed by atoms with Gasteiger partial charge in [0.1, 0.15) is 12.6 Å². The highest BCUT2D eigenvalue weighted by Gasteiger charge is 2.35. The smallest absolute Gasteiger partial charge is 0.264 e. The Labute approximate surface area is 279 Å². The molecule has 10 heteroatoms. The second-order valence-corrected chi connectivity index (χ2v) is 15.1. The quantitative estimate of drug-likeness (QED) is 0.179. The minimum absolute atomic E-state index is 0.0331. The maximum atomic E-state index is 14.5. The molecule has 1 N–H and O–H groups in total. The molecule has 0 radical (unpaired) electrons. The molecule has 7 nitrogen and oxygen atoms in total. The van der Waals surface area contributed by atoms with Gasteiger partial charge in [-0.25, -0.2) is 8.42 Å². The molecule has 1 unspecified atom stereocenters. The molecule has 4 aromatic carbocycles. The molecule has 4 aromatic rings. The van der Waals surface area contributed by atoms with Crippen molar-refractivity contribution in [1.29, 1.82) is 0 Å². The molecule has 0 heterocycles. The number of hydrogen-bond donors (Lipinski definition) is 1. The van der Waals surface area contributed by atoms with Gasteiger partial charge >= 0.3 is 0 Å². The minimum Gasteiger partial charge on any atom is -0.350 e. The molecule has 0 saturated heterocycles. The Morgan fingerprint density at radius 1 is 0.867 bits per heavy atom. The van der Waals surface area contributed by atoms with E-state index < -0.39 is 34.1 Å². The van der Waals surface area contributed by atoms with Gasteiger partial charge in [0.2, 0.25) is 11.8 Å². The number of amides is 2. The van der Waals surface area contributed by atoms with Crippen molar-refractivity contribution in [3.05, 3.63) is 129 Å². The number of anilines is 1. The first-order chi connectivity index (χ1) is 21.2. The monoisotopic (exact) mass is 709 g/mol. The topological polar surface area (TPSA) is 86.8 Å². The van der Waals surface area contributed by atoms with Crippen molar-refractivity contribution < 1.29 is 18.0 Å². The van der Waals surface area contributed by atoms with Gasteiger partial charge in [0.15, 0.2) is 0 Å². The zero-order valence-electron chi connectivity index (χ0n) is 25.7. The largest absolute Gasteiger partial charge is 0.350 e. The van der Waals surface area contributed by atoms with E-state index in [1.165, 1.54) is 17.0 Å². The van der Waals surface area contributed by atoms with E-state index in [0.29, 0.717) is 20.7 Å². The number of rotatable bonds is 11. The number of sulfonamides is 1. The summed E-state index contributed by atoms with van der Waals surface area (Å²) in [6, 6.07) is 28.8. The molecule has 0 aliphatic carbocycles. The average Bonchev–Trinajstić information content (AvgIpc) is 2.97. The molecule has 2 amide bonds. The van der Waals surface area contributed by atoms with Gasteiger partial charge in [-0.1, -0.05) is 93.8 Å². The van der Waals surface area contributed by atoms with Crippen molar-refractivity contribution in [2.75, 3.05) is 10.8 Å². The first-order valence-corrected chi connectivity index (χ1v) is 17.1. The molecular formula is C35H37BrClN3O4S. The van der Waals surface area contributed by atoms with Crippen LogP contribution in [0.2, 0.25) is 5.02 Å². The van der Waals surface area contributed by atoms with Crippen molar-refractivity contribution in [3.63, 3.8) is 0 Å². The zero-order valence-corrected chi connectivity index (χ0v) is 28.9. The number of carbonyl (C=O) groups excluding carboxylic acids is 2. The van der Waals surface area contributed by atoms with E-state index in [4.69, 9.17) is 11.6 Å². The lowest BCUT2D eigenvalue weighted by Crippen LogP contribution is -2.56. The van der Waals surface area contributed by atoms with Gasteiger partial charge in [0.05, 0.1) is 10.6 Å². The number of nitrogens with one attached hydrogen (secondary N) is 1. The Morgan fingerprint density at radius 3 is 2.13 bits per heavy atom. The highest BCUT2D eigenvalue weighted by Crippen LogP contribution is 2.28. The van der Waals surface area contributed by atoms with E-state index >= 15 is 0 Å². The molecule has 4 rings (SSSR count). The van der Waals surface area contributed by atoms with Crippen LogP contribution in [0.4, 0.5) is 5.69 Å². The fraction of sp³-hybridized carbons (Fsp3) is 0.257. The summed E-state index contributed by atoms with van der Waals surface area (Å²) in [5, 5.41) is 3.51. The third-order valence-electron chi connectivity index (χ3n) is 7.00. The average molecular weight is 711 g/mol. The highest BCUT2D eigenvalue weighted by molar-refractivity contribution is 9.10. The van der Waals surface area contributed by atoms with Crippen LogP contribution in [-0.4, -0.2) is 43.3 Å². The third-order valence-corrected chi connectivity index (χ3v) is 9.51. The maximum absolute atomic E-state index is 14.5. The van der Waals surface area contributed by atoms with E-state index in [-0.39, 0.29) is 23.8 Å². The van der Waals surface area contributed by atoms with E-state index in [1.807, 2.05) is 64.1 Å². The molecule has 0 bridgehead atoms. The SMILES string of the molecule is Cc1ccc(S(=O)(=O)N(CC(=O)N(Cc2cccc(Cl)c2)C(Cc2ccccc2)C(=O)NC(C)(C)C)c2cccc(Br)c2)cc1. The number of nitrogens with zero attached hydrogens (tertiary/aromatic N) is 2. The van der Waals surface area contributed by atoms with Gasteiger partial charge in [0.25, 0.3) is 10.0 Å². The van der Waals surface area contributed by atoms with Crippen LogP contribution in [-0.2, 0) is 32.6 Å². The Hall–Kier alpha value is -3.66. The third kappa shape index (κ3) is 9.42. The zero-order chi connectivity index (χ0) is 32.8. The van der Waals surface area contributed by atoms with Crippen LogP contribution in [0, 0.1) is 6.92 Å². The highest BCUT2D eigenvalue weighted by atomic mass is 79.9. The lowest BCUT2D eigenvalue weighted by molar-refractivity contribution is -0.140. The summed E-state index contributed by atoms with van der Waals surface area (Å²) in [5.41, 5.74) is 2.19. The fourth-order valence-corrected chi connectivity index (χ4v) is 6.84. The number of aryl methyl sites for hydroxylation is 1. The second-order valence-electron chi connectivity index (χ2n) is 11.9. The molecule has 0 aliphatic rings. The maximum Gasteiger partial charge on any atom is 0.264 e. The van der Waals surface area contributed by atoms with E-state index in [9.17, 15) is 18.0 Å². The summed E-state index contributed by atoms with van der Waals surface area (Å²) in [5.74, 6) is -0.896. The van der Waals surface area contributed by atoms with Crippen LogP contribution in [0.15, 0.2) is 112 Å². The fourth-order valence-electron chi connectivity index (χ4n) is 4.84. The van der Waals surface area contributed by atoms with Gasteiger partial charge in [-0.2, -0.15) is 0 Å². The number of carbonyl (C=O) groups is 2. The Balaban J connectivity index is 1.82. The molecular weight excluding hydrogens is 674 g/mol. The first kappa shape index (κ1) is 34.2. The Kier molecular flexibility index (Phi) is 11.1. The molecule has 0 aromatic heterocycles. The Morgan fingerprint density at radius 2 is 1.51 bits per heavy atom. The molecule has 45 heavy (non-hydrogen) atoms.